The summed E-state index contributed by atoms with van der Waals surface area (Å²) in [5.74, 6) is 1.17. The number of nitrogens with zero attached hydrogens (tertiary/aromatic N) is 1. The van der Waals surface area contributed by atoms with Crippen molar-refractivity contribution in [1.29, 1.82) is 0 Å². The Morgan fingerprint density at radius 1 is 1.12 bits per heavy atom. The smallest absolute Gasteiger partial charge is 0.224 e. The molecule has 1 saturated heterocycles. The van der Waals surface area contributed by atoms with E-state index in [-0.39, 0.29) is 43.0 Å². The standard InChI is InChI=1S/C25H29N3O5/c29-14-22-25-20(11-18(32-22)12-23(30)27-13-17-3-1-2-8-26-17)19-10-16(6-7-21(19)33-25)28-24(31)9-15-4-5-15/h1-3,6-8,10,15,18,20,22,25,29H,4-5,9,11-14H2,(H,27,30)(H,28,31)/t18-,20-,22-,25+/m1/s1. The lowest BCUT2D eigenvalue weighted by molar-refractivity contribution is -0.142. The molecule has 1 aliphatic carbocycles. The Hall–Kier alpha value is -2.97. The Morgan fingerprint density at radius 2 is 2.00 bits per heavy atom. The number of amides is 2. The van der Waals surface area contributed by atoms with Gasteiger partial charge in [0, 0.05) is 29.8 Å². The summed E-state index contributed by atoms with van der Waals surface area (Å²) in [4.78, 5) is 29.0. The molecule has 33 heavy (non-hydrogen) atoms. The number of ether oxygens (including phenoxy) is 2. The fraction of sp³-hybridized carbons (Fsp3) is 0.480. The highest BCUT2D eigenvalue weighted by molar-refractivity contribution is 5.91. The van der Waals surface area contributed by atoms with Crippen LogP contribution >= 0.6 is 0 Å². The lowest BCUT2D eigenvalue weighted by atomic mass is 9.84. The molecule has 1 aromatic carbocycles. The van der Waals surface area contributed by atoms with Gasteiger partial charge in [0.1, 0.15) is 18.0 Å². The van der Waals surface area contributed by atoms with Crippen LogP contribution in [0.1, 0.15) is 49.3 Å². The molecule has 3 aliphatic rings. The van der Waals surface area contributed by atoms with Gasteiger partial charge in [0.25, 0.3) is 0 Å². The predicted molar refractivity (Wildman–Crippen MR) is 121 cm³/mol. The Bertz CT molecular complexity index is 1010. The van der Waals surface area contributed by atoms with E-state index < -0.39 is 6.10 Å². The van der Waals surface area contributed by atoms with Crippen LogP contribution in [0.5, 0.6) is 5.75 Å². The minimum atomic E-state index is -0.516. The molecular weight excluding hydrogens is 422 g/mol. The average Bonchev–Trinajstić information content (AvgIpc) is 3.56. The number of aromatic nitrogens is 1. The fourth-order valence-electron chi connectivity index (χ4n) is 4.73. The van der Waals surface area contributed by atoms with Gasteiger partial charge >= 0.3 is 0 Å². The number of aliphatic hydroxyl groups excluding tert-OH is 1. The van der Waals surface area contributed by atoms with Crippen molar-refractivity contribution in [3.05, 3.63) is 53.9 Å². The second-order valence-corrected chi connectivity index (χ2v) is 9.15. The van der Waals surface area contributed by atoms with E-state index in [0.717, 1.165) is 35.5 Å². The molecule has 8 heteroatoms. The molecule has 2 amide bonds. The van der Waals surface area contributed by atoms with Crippen molar-refractivity contribution in [2.75, 3.05) is 11.9 Å². The van der Waals surface area contributed by atoms with E-state index in [2.05, 4.69) is 15.6 Å². The van der Waals surface area contributed by atoms with E-state index >= 15 is 0 Å². The number of aliphatic hydroxyl groups is 1. The first kappa shape index (κ1) is 21.9. The van der Waals surface area contributed by atoms with Crippen LogP contribution in [-0.2, 0) is 20.9 Å². The van der Waals surface area contributed by atoms with Gasteiger partial charge in [-0.3, -0.25) is 14.6 Å². The highest BCUT2D eigenvalue weighted by Crippen LogP contribution is 2.47. The van der Waals surface area contributed by atoms with Gasteiger partial charge in [-0.15, -0.1) is 0 Å². The summed E-state index contributed by atoms with van der Waals surface area (Å²) < 4.78 is 12.1. The van der Waals surface area contributed by atoms with Crippen LogP contribution in [0, 0.1) is 5.92 Å². The second kappa shape index (κ2) is 9.49. The maximum atomic E-state index is 12.5. The minimum absolute atomic E-state index is 0.0141. The Balaban J connectivity index is 1.24. The molecule has 174 valence electrons. The molecule has 0 radical (unpaired) electrons. The van der Waals surface area contributed by atoms with E-state index in [1.54, 1.807) is 6.20 Å². The van der Waals surface area contributed by atoms with Crippen molar-refractivity contribution in [3.8, 4) is 5.75 Å². The number of anilines is 1. The van der Waals surface area contributed by atoms with Gasteiger partial charge in [-0.1, -0.05) is 6.07 Å². The van der Waals surface area contributed by atoms with Gasteiger partial charge in [-0.2, -0.15) is 0 Å². The molecule has 1 aromatic heterocycles. The fourth-order valence-corrected chi connectivity index (χ4v) is 4.73. The maximum absolute atomic E-state index is 12.5. The van der Waals surface area contributed by atoms with Gasteiger partial charge in [-0.25, -0.2) is 0 Å². The van der Waals surface area contributed by atoms with Crippen molar-refractivity contribution in [3.63, 3.8) is 0 Å². The lowest BCUT2D eigenvalue weighted by Crippen LogP contribution is -2.47. The van der Waals surface area contributed by atoms with E-state index in [1.807, 2.05) is 36.4 Å². The Labute approximate surface area is 192 Å². The molecule has 2 aromatic rings. The van der Waals surface area contributed by atoms with Crippen LogP contribution < -0.4 is 15.4 Å². The lowest BCUT2D eigenvalue weighted by Gasteiger charge is -2.37. The summed E-state index contributed by atoms with van der Waals surface area (Å²) in [6, 6.07) is 11.2. The normalized spacial score (nSPS) is 25.5. The van der Waals surface area contributed by atoms with Crippen molar-refractivity contribution in [1.82, 2.24) is 10.3 Å². The summed E-state index contributed by atoms with van der Waals surface area (Å²) in [6.45, 7) is 0.171. The van der Waals surface area contributed by atoms with E-state index in [1.165, 1.54) is 0 Å². The molecule has 0 bridgehead atoms. The molecule has 5 rings (SSSR count). The van der Waals surface area contributed by atoms with E-state index in [9.17, 15) is 14.7 Å². The maximum Gasteiger partial charge on any atom is 0.224 e. The average molecular weight is 452 g/mol. The van der Waals surface area contributed by atoms with Gasteiger partial charge < -0.3 is 25.2 Å². The first-order valence-electron chi connectivity index (χ1n) is 11.6. The largest absolute Gasteiger partial charge is 0.487 e. The topological polar surface area (TPSA) is 110 Å². The number of carbonyl (C=O) groups is 2. The molecule has 4 atom stereocenters. The van der Waals surface area contributed by atoms with E-state index in [0.29, 0.717) is 25.3 Å². The first-order chi connectivity index (χ1) is 16.1. The van der Waals surface area contributed by atoms with Crippen LogP contribution in [0.2, 0.25) is 0 Å². The first-order valence-corrected chi connectivity index (χ1v) is 11.6. The number of hydrogen-bond acceptors (Lipinski definition) is 6. The minimum Gasteiger partial charge on any atom is -0.487 e. The summed E-state index contributed by atoms with van der Waals surface area (Å²) >= 11 is 0. The molecule has 1 saturated carbocycles. The zero-order valence-corrected chi connectivity index (χ0v) is 18.4. The highest BCUT2D eigenvalue weighted by atomic mass is 16.6. The van der Waals surface area contributed by atoms with Crippen LogP contribution in [0.4, 0.5) is 5.69 Å². The third-order valence-electron chi connectivity index (χ3n) is 6.56. The van der Waals surface area contributed by atoms with Gasteiger partial charge in [0.05, 0.1) is 31.4 Å². The summed E-state index contributed by atoms with van der Waals surface area (Å²) in [5.41, 5.74) is 2.53. The number of benzene rings is 1. The van der Waals surface area contributed by atoms with E-state index in [4.69, 9.17) is 9.47 Å². The molecular formula is C25H29N3O5. The third kappa shape index (κ3) is 5.17. The number of rotatable bonds is 8. The Kier molecular flexibility index (Phi) is 6.28. The summed E-state index contributed by atoms with van der Waals surface area (Å²) in [6.07, 6.45) is 4.16. The number of fused-ring (bicyclic) bond motifs is 3. The molecule has 0 unspecified atom stereocenters. The monoisotopic (exact) mass is 451 g/mol. The SMILES string of the molecule is O=C(C[C@H]1C[C@@H]2c3cc(NC(=O)CC4CC4)ccc3O[C@@H]2[C@@H](CO)O1)NCc1ccccn1. The number of pyridine rings is 1. The quantitative estimate of drug-likeness (QED) is 0.569. The van der Waals surface area contributed by atoms with Crippen LogP contribution in [0.15, 0.2) is 42.6 Å². The second-order valence-electron chi connectivity index (χ2n) is 9.15. The molecule has 8 nitrogen and oxygen atoms in total. The van der Waals surface area contributed by atoms with Gasteiger partial charge in [-0.05, 0) is 55.5 Å². The van der Waals surface area contributed by atoms with Crippen molar-refractivity contribution < 1.29 is 24.2 Å². The van der Waals surface area contributed by atoms with Crippen LogP contribution in [-0.4, -0.2) is 46.8 Å². The molecule has 0 spiro atoms. The number of nitrogens with one attached hydrogen (secondary N) is 2. The zero-order valence-electron chi connectivity index (χ0n) is 18.4. The highest BCUT2D eigenvalue weighted by Gasteiger charge is 2.46. The molecule has 2 aliphatic heterocycles. The number of carbonyl (C=O) groups excluding carboxylic acids is 2. The molecule has 2 fully saturated rings. The summed E-state index contributed by atoms with van der Waals surface area (Å²) in [7, 11) is 0. The van der Waals surface area contributed by atoms with Crippen molar-refractivity contribution >= 4 is 17.5 Å². The predicted octanol–water partition coefficient (Wildman–Crippen LogP) is 2.52. The van der Waals surface area contributed by atoms with Gasteiger partial charge in [0.15, 0.2) is 0 Å². The Morgan fingerprint density at radius 3 is 2.76 bits per heavy atom. The van der Waals surface area contributed by atoms with Crippen LogP contribution in [0.3, 0.4) is 0 Å². The molecule has 3 N–H and O–H groups in total. The van der Waals surface area contributed by atoms with Gasteiger partial charge in [0.2, 0.25) is 11.8 Å². The zero-order chi connectivity index (χ0) is 22.8. The number of hydrogen-bond donors (Lipinski definition) is 3. The molecule has 3 heterocycles. The van der Waals surface area contributed by atoms with Crippen LogP contribution in [0.25, 0.3) is 0 Å². The third-order valence-corrected chi connectivity index (χ3v) is 6.56. The summed E-state index contributed by atoms with van der Waals surface area (Å²) in [5, 5.41) is 15.8. The van der Waals surface area contributed by atoms with Crippen molar-refractivity contribution in [2.45, 2.75) is 62.9 Å². The van der Waals surface area contributed by atoms with Crippen molar-refractivity contribution in [2.24, 2.45) is 5.92 Å².